The molecule has 0 bridgehead atoms. The zero-order chi connectivity index (χ0) is 21.5. The number of pyridine rings is 1. The van der Waals surface area contributed by atoms with E-state index in [2.05, 4.69) is 17.5 Å². The van der Waals surface area contributed by atoms with Crippen molar-refractivity contribution in [2.45, 2.75) is 39.2 Å². The number of amides is 1. The number of nitrogens with zero attached hydrogens (tertiary/aromatic N) is 2. The number of carbonyl (C=O) groups is 1. The normalized spacial score (nSPS) is 11.3. The Labute approximate surface area is 179 Å². The Bertz CT molecular complexity index is 1140. The monoisotopic (exact) mass is 425 g/mol. The van der Waals surface area contributed by atoms with Gasteiger partial charge in [0, 0.05) is 17.0 Å². The summed E-state index contributed by atoms with van der Waals surface area (Å²) < 4.78 is 1.56. The van der Waals surface area contributed by atoms with E-state index in [0.29, 0.717) is 28.0 Å². The van der Waals surface area contributed by atoms with Gasteiger partial charge in [-0.2, -0.15) is 5.10 Å². The first kappa shape index (κ1) is 21.6. The molecule has 0 atom stereocenters. The van der Waals surface area contributed by atoms with Gasteiger partial charge in [0.1, 0.15) is 11.3 Å². The average molecular weight is 426 g/mol. The van der Waals surface area contributed by atoms with Crippen LogP contribution in [0.1, 0.15) is 48.5 Å². The SMILES string of the molecule is CCCCCCn1c(=O)c(C(=O)NN=Cc2cccc(Cl)c2)c(O)c2ccccc21. The van der Waals surface area contributed by atoms with Crippen LogP contribution in [0.3, 0.4) is 0 Å². The van der Waals surface area contributed by atoms with Crippen molar-refractivity contribution in [3.63, 3.8) is 0 Å². The average Bonchev–Trinajstić information content (AvgIpc) is 2.73. The molecule has 30 heavy (non-hydrogen) atoms. The van der Waals surface area contributed by atoms with Crippen molar-refractivity contribution in [3.8, 4) is 5.75 Å². The maximum Gasteiger partial charge on any atom is 0.280 e. The van der Waals surface area contributed by atoms with E-state index in [-0.39, 0.29) is 11.3 Å². The smallest absolute Gasteiger partial charge is 0.280 e. The fraction of sp³-hybridized carbons (Fsp3) is 0.261. The van der Waals surface area contributed by atoms with Gasteiger partial charge < -0.3 is 9.67 Å². The molecule has 6 nitrogen and oxygen atoms in total. The molecule has 1 amide bonds. The van der Waals surface area contributed by atoms with Crippen molar-refractivity contribution in [1.29, 1.82) is 0 Å². The zero-order valence-electron chi connectivity index (χ0n) is 16.8. The van der Waals surface area contributed by atoms with E-state index in [1.807, 2.05) is 0 Å². The lowest BCUT2D eigenvalue weighted by Gasteiger charge is -2.14. The fourth-order valence-corrected chi connectivity index (χ4v) is 3.52. The van der Waals surface area contributed by atoms with Crippen molar-refractivity contribution < 1.29 is 9.90 Å². The predicted octanol–water partition coefficient (Wildman–Crippen LogP) is 4.70. The lowest BCUT2D eigenvalue weighted by atomic mass is 10.1. The van der Waals surface area contributed by atoms with Crippen LogP contribution in [-0.4, -0.2) is 21.8 Å². The lowest BCUT2D eigenvalue weighted by Crippen LogP contribution is -2.31. The van der Waals surface area contributed by atoms with Gasteiger partial charge in [0.25, 0.3) is 11.5 Å². The number of hydrogen-bond acceptors (Lipinski definition) is 4. The Morgan fingerprint density at radius 2 is 1.97 bits per heavy atom. The van der Waals surface area contributed by atoms with Gasteiger partial charge in [0.05, 0.1) is 11.7 Å². The quantitative estimate of drug-likeness (QED) is 0.311. The summed E-state index contributed by atoms with van der Waals surface area (Å²) in [7, 11) is 0. The highest BCUT2D eigenvalue weighted by Crippen LogP contribution is 2.26. The van der Waals surface area contributed by atoms with Crippen molar-refractivity contribution in [3.05, 3.63) is 75.0 Å². The first-order valence-corrected chi connectivity index (χ1v) is 10.3. The van der Waals surface area contributed by atoms with Crippen LogP contribution in [0, 0.1) is 0 Å². The largest absolute Gasteiger partial charge is 0.506 e. The number of hydrogen-bond donors (Lipinski definition) is 2. The Balaban J connectivity index is 1.92. The summed E-state index contributed by atoms with van der Waals surface area (Å²) in [5.74, 6) is -1.10. The highest BCUT2D eigenvalue weighted by molar-refractivity contribution is 6.30. The van der Waals surface area contributed by atoms with Crippen LogP contribution in [0.15, 0.2) is 58.4 Å². The van der Waals surface area contributed by atoms with E-state index in [4.69, 9.17) is 11.6 Å². The minimum absolute atomic E-state index is 0.313. The van der Waals surface area contributed by atoms with E-state index in [1.54, 1.807) is 53.1 Å². The topological polar surface area (TPSA) is 83.7 Å². The van der Waals surface area contributed by atoms with Crippen LogP contribution < -0.4 is 11.0 Å². The summed E-state index contributed by atoms with van der Waals surface area (Å²) in [5.41, 5.74) is 2.79. The molecule has 3 aromatic rings. The number of fused-ring (bicyclic) bond motifs is 1. The van der Waals surface area contributed by atoms with E-state index in [1.165, 1.54) is 6.21 Å². The minimum atomic E-state index is -0.760. The molecular weight excluding hydrogens is 402 g/mol. The highest BCUT2D eigenvalue weighted by Gasteiger charge is 2.21. The number of hydrazone groups is 1. The number of aryl methyl sites for hydroxylation is 1. The molecule has 1 aromatic heterocycles. The minimum Gasteiger partial charge on any atom is -0.506 e. The first-order valence-electron chi connectivity index (χ1n) is 9.96. The van der Waals surface area contributed by atoms with E-state index < -0.39 is 11.5 Å². The predicted molar refractivity (Wildman–Crippen MR) is 121 cm³/mol. The van der Waals surface area contributed by atoms with Gasteiger partial charge in [-0.15, -0.1) is 0 Å². The van der Waals surface area contributed by atoms with Crippen molar-refractivity contribution in [1.82, 2.24) is 9.99 Å². The van der Waals surface area contributed by atoms with Crippen molar-refractivity contribution >= 4 is 34.6 Å². The summed E-state index contributed by atoms with van der Waals surface area (Å²) in [6.45, 7) is 2.60. The van der Waals surface area contributed by atoms with E-state index in [0.717, 1.165) is 25.7 Å². The van der Waals surface area contributed by atoms with Crippen LogP contribution in [0.5, 0.6) is 5.75 Å². The van der Waals surface area contributed by atoms with Gasteiger partial charge >= 0.3 is 0 Å². The van der Waals surface area contributed by atoms with Crippen molar-refractivity contribution in [2.75, 3.05) is 0 Å². The van der Waals surface area contributed by atoms with Crippen LogP contribution in [0.25, 0.3) is 10.9 Å². The van der Waals surface area contributed by atoms with Gasteiger partial charge in [-0.05, 0) is 36.2 Å². The molecular formula is C23H24ClN3O3. The number of halogens is 1. The number of carbonyl (C=O) groups excluding carboxylic acids is 1. The van der Waals surface area contributed by atoms with Crippen LogP contribution in [0.2, 0.25) is 5.02 Å². The van der Waals surface area contributed by atoms with Gasteiger partial charge in [0.15, 0.2) is 0 Å². The Morgan fingerprint density at radius 3 is 2.73 bits per heavy atom. The second-order valence-electron chi connectivity index (χ2n) is 7.01. The molecule has 1 heterocycles. The Hall–Kier alpha value is -3.12. The van der Waals surface area contributed by atoms with E-state index >= 15 is 0 Å². The fourth-order valence-electron chi connectivity index (χ4n) is 3.32. The molecule has 0 saturated heterocycles. The molecule has 0 radical (unpaired) electrons. The molecule has 0 spiro atoms. The summed E-state index contributed by atoms with van der Waals surface area (Å²) in [5, 5.41) is 15.5. The van der Waals surface area contributed by atoms with Crippen LogP contribution in [0.4, 0.5) is 0 Å². The first-order chi connectivity index (χ1) is 14.5. The molecule has 7 heteroatoms. The number of aromatic nitrogens is 1. The Morgan fingerprint density at radius 1 is 1.17 bits per heavy atom. The third-order valence-electron chi connectivity index (χ3n) is 4.84. The summed E-state index contributed by atoms with van der Waals surface area (Å²) in [6.07, 6.45) is 5.39. The highest BCUT2D eigenvalue weighted by atomic mass is 35.5. The molecule has 0 aliphatic carbocycles. The number of aromatic hydroxyl groups is 1. The van der Waals surface area contributed by atoms with Crippen LogP contribution >= 0.6 is 11.6 Å². The molecule has 0 saturated carbocycles. The lowest BCUT2D eigenvalue weighted by molar-refractivity contribution is 0.0950. The third-order valence-corrected chi connectivity index (χ3v) is 5.07. The molecule has 2 aromatic carbocycles. The molecule has 3 rings (SSSR count). The van der Waals surface area contributed by atoms with Gasteiger partial charge in [0.2, 0.25) is 0 Å². The zero-order valence-corrected chi connectivity index (χ0v) is 17.5. The molecule has 0 aliphatic rings. The maximum atomic E-state index is 13.1. The van der Waals surface area contributed by atoms with Gasteiger partial charge in [-0.3, -0.25) is 9.59 Å². The van der Waals surface area contributed by atoms with Crippen molar-refractivity contribution in [2.24, 2.45) is 5.10 Å². The third kappa shape index (κ3) is 4.89. The molecule has 2 N–H and O–H groups in total. The van der Waals surface area contributed by atoms with Crippen LogP contribution in [-0.2, 0) is 6.54 Å². The molecule has 0 fully saturated rings. The number of unbranched alkanes of at least 4 members (excludes halogenated alkanes) is 3. The summed E-state index contributed by atoms with van der Waals surface area (Å²) >= 11 is 5.93. The standard InChI is InChI=1S/C23H24ClN3O3/c1-2-3-4-7-13-27-19-12-6-5-11-18(19)21(28)20(23(27)30)22(29)26-25-15-16-9-8-10-17(24)14-16/h5-6,8-12,14-15,28H,2-4,7,13H2,1H3,(H,26,29). The number of nitrogens with one attached hydrogen (secondary N) is 1. The molecule has 0 aliphatic heterocycles. The summed E-state index contributed by atoms with van der Waals surface area (Å²) in [6, 6.07) is 14.0. The summed E-state index contributed by atoms with van der Waals surface area (Å²) in [4.78, 5) is 25.8. The number of benzene rings is 2. The molecule has 0 unspecified atom stereocenters. The van der Waals surface area contributed by atoms with Gasteiger partial charge in [-0.1, -0.05) is 62.1 Å². The number of rotatable bonds is 8. The second kappa shape index (κ2) is 10.1. The maximum absolute atomic E-state index is 13.1. The molecule has 156 valence electrons. The second-order valence-corrected chi connectivity index (χ2v) is 7.45. The Kier molecular flexibility index (Phi) is 7.25. The van der Waals surface area contributed by atoms with E-state index in [9.17, 15) is 14.7 Å². The van der Waals surface area contributed by atoms with Gasteiger partial charge in [-0.25, -0.2) is 5.43 Å². The number of para-hydroxylation sites is 1.